The molecule has 3 rings (SSSR count). The van der Waals surface area contributed by atoms with Gasteiger partial charge < -0.3 is 4.74 Å². The van der Waals surface area contributed by atoms with Gasteiger partial charge in [0.2, 0.25) is 0 Å². The Morgan fingerprint density at radius 3 is 2.69 bits per heavy atom. The summed E-state index contributed by atoms with van der Waals surface area (Å²) in [7, 11) is 1.49. The molecule has 0 radical (unpaired) electrons. The number of ether oxygens (including phenoxy) is 1. The third-order valence-electron chi connectivity index (χ3n) is 3.54. The van der Waals surface area contributed by atoms with Crippen LogP contribution in [0.2, 0.25) is 0 Å². The lowest BCUT2D eigenvalue weighted by molar-refractivity contribution is 0.102. The first-order chi connectivity index (χ1) is 12.6. The molecule has 0 aliphatic carbocycles. The molecular weight excluding hydrogens is 352 g/mol. The van der Waals surface area contributed by atoms with Crippen LogP contribution in [0.25, 0.3) is 11.3 Å². The van der Waals surface area contributed by atoms with Crippen LogP contribution in [0.5, 0.6) is 5.75 Å². The zero-order valence-electron chi connectivity index (χ0n) is 14.4. The van der Waals surface area contributed by atoms with E-state index in [1.165, 1.54) is 30.5 Å². The molecule has 0 unspecified atom stereocenters. The number of benzene rings is 1. The molecule has 0 aliphatic rings. The van der Waals surface area contributed by atoms with Gasteiger partial charge in [-0.2, -0.15) is 5.10 Å². The fourth-order valence-corrected chi connectivity index (χ4v) is 2.90. The van der Waals surface area contributed by atoms with Crippen LogP contribution in [0.15, 0.2) is 46.6 Å². The van der Waals surface area contributed by atoms with Gasteiger partial charge in [-0.25, -0.2) is 9.67 Å². The molecule has 0 aliphatic heterocycles. The Balaban J connectivity index is 1.70. The van der Waals surface area contributed by atoms with Crippen LogP contribution in [-0.4, -0.2) is 27.3 Å². The minimum atomic E-state index is -0.412. The van der Waals surface area contributed by atoms with Crippen molar-refractivity contribution >= 4 is 22.4 Å². The zero-order chi connectivity index (χ0) is 18.5. The molecule has 0 bridgehead atoms. The normalized spacial score (nSPS) is 10.5. The van der Waals surface area contributed by atoms with Crippen molar-refractivity contribution in [3.63, 3.8) is 0 Å². The summed E-state index contributed by atoms with van der Waals surface area (Å²) in [6.45, 7) is 2.75. The molecular formula is C18H18N4O3S. The van der Waals surface area contributed by atoms with E-state index in [4.69, 9.17) is 4.74 Å². The van der Waals surface area contributed by atoms with Crippen LogP contribution in [0.4, 0.5) is 5.13 Å². The number of thiazole rings is 1. The number of hydrogen-bond donors (Lipinski definition) is 1. The molecule has 0 saturated heterocycles. The minimum Gasteiger partial charge on any atom is -0.494 e. The van der Waals surface area contributed by atoms with Crippen molar-refractivity contribution in [2.45, 2.75) is 13.3 Å². The lowest BCUT2D eigenvalue weighted by atomic mass is 10.2. The van der Waals surface area contributed by atoms with Crippen molar-refractivity contribution in [1.82, 2.24) is 14.8 Å². The second-order valence-electron chi connectivity index (χ2n) is 5.55. The fourth-order valence-electron chi connectivity index (χ4n) is 2.19. The molecule has 0 atom stereocenters. The number of aromatic nitrogens is 3. The first-order valence-corrected chi connectivity index (χ1v) is 8.99. The quantitative estimate of drug-likeness (QED) is 0.721. The molecule has 134 valence electrons. The van der Waals surface area contributed by atoms with E-state index in [0.29, 0.717) is 11.7 Å². The molecule has 1 N–H and O–H groups in total. The van der Waals surface area contributed by atoms with Crippen LogP contribution in [0.3, 0.4) is 0 Å². The van der Waals surface area contributed by atoms with E-state index in [1.807, 2.05) is 29.6 Å². The first-order valence-electron chi connectivity index (χ1n) is 8.11. The lowest BCUT2D eigenvalue weighted by Gasteiger charge is -2.04. The monoisotopic (exact) mass is 370 g/mol. The summed E-state index contributed by atoms with van der Waals surface area (Å²) in [6.07, 6.45) is 0.960. The predicted octanol–water partition coefficient (Wildman–Crippen LogP) is 2.94. The van der Waals surface area contributed by atoms with Crippen LogP contribution < -0.4 is 15.6 Å². The number of carbonyl (C=O) groups excluding carboxylic acids is 1. The summed E-state index contributed by atoms with van der Waals surface area (Å²) in [5.41, 5.74) is 1.58. The van der Waals surface area contributed by atoms with Crippen LogP contribution >= 0.6 is 11.3 Å². The Bertz CT molecular complexity index is 963. The maximum Gasteiger partial charge on any atom is 0.277 e. The van der Waals surface area contributed by atoms with E-state index >= 15 is 0 Å². The van der Waals surface area contributed by atoms with Gasteiger partial charge in [0, 0.05) is 24.1 Å². The van der Waals surface area contributed by atoms with E-state index in [-0.39, 0.29) is 11.3 Å². The molecule has 0 spiro atoms. The Kier molecular flexibility index (Phi) is 5.43. The highest BCUT2D eigenvalue weighted by Gasteiger charge is 2.12. The first kappa shape index (κ1) is 17.8. The number of nitrogens with one attached hydrogen (secondary N) is 1. The Hall–Kier alpha value is -3.00. The summed E-state index contributed by atoms with van der Waals surface area (Å²) in [5, 5.41) is 8.95. The highest BCUT2D eigenvalue weighted by Crippen LogP contribution is 2.26. The largest absolute Gasteiger partial charge is 0.494 e. The van der Waals surface area contributed by atoms with Gasteiger partial charge in [-0.05, 0) is 36.8 Å². The standard InChI is InChI=1S/C18H18N4O3S/c1-3-10-25-13-6-4-12(5-7-13)15-11-26-18(19-15)20-17(24)14-8-9-16(23)22(2)21-14/h4-9,11H,3,10H2,1-2H3,(H,19,20,24). The highest BCUT2D eigenvalue weighted by molar-refractivity contribution is 7.14. The van der Waals surface area contributed by atoms with Crippen LogP contribution in [0.1, 0.15) is 23.8 Å². The second kappa shape index (κ2) is 7.92. The average Bonchev–Trinajstić information content (AvgIpc) is 3.11. The number of amides is 1. The second-order valence-corrected chi connectivity index (χ2v) is 6.40. The van der Waals surface area contributed by atoms with E-state index < -0.39 is 5.91 Å². The van der Waals surface area contributed by atoms with Crippen molar-refractivity contribution in [1.29, 1.82) is 0 Å². The van der Waals surface area contributed by atoms with Gasteiger partial charge in [0.15, 0.2) is 5.13 Å². The van der Waals surface area contributed by atoms with Gasteiger partial charge in [-0.3, -0.25) is 14.9 Å². The third kappa shape index (κ3) is 4.15. The van der Waals surface area contributed by atoms with Crippen LogP contribution in [-0.2, 0) is 7.05 Å². The average molecular weight is 370 g/mol. The number of rotatable bonds is 6. The Morgan fingerprint density at radius 2 is 2.00 bits per heavy atom. The number of hydrogen-bond acceptors (Lipinski definition) is 6. The maximum atomic E-state index is 12.2. The van der Waals surface area contributed by atoms with Gasteiger partial charge in [-0.1, -0.05) is 6.92 Å². The summed E-state index contributed by atoms with van der Waals surface area (Å²) >= 11 is 1.32. The lowest BCUT2D eigenvalue weighted by Crippen LogP contribution is -2.23. The van der Waals surface area contributed by atoms with Gasteiger partial charge in [0.25, 0.3) is 11.5 Å². The molecule has 0 fully saturated rings. The van der Waals surface area contributed by atoms with Crippen molar-refractivity contribution in [2.75, 3.05) is 11.9 Å². The van der Waals surface area contributed by atoms with E-state index in [0.717, 1.165) is 28.1 Å². The summed E-state index contributed by atoms with van der Waals surface area (Å²) in [6, 6.07) is 10.4. The molecule has 3 aromatic rings. The summed E-state index contributed by atoms with van der Waals surface area (Å²) in [4.78, 5) is 28.0. The van der Waals surface area contributed by atoms with Gasteiger partial charge in [0.05, 0.1) is 12.3 Å². The fraction of sp³-hybridized carbons (Fsp3) is 0.222. The molecule has 1 amide bonds. The number of aryl methyl sites for hydroxylation is 1. The summed E-state index contributed by atoms with van der Waals surface area (Å²) < 4.78 is 6.68. The highest BCUT2D eigenvalue weighted by atomic mass is 32.1. The molecule has 26 heavy (non-hydrogen) atoms. The zero-order valence-corrected chi connectivity index (χ0v) is 15.2. The predicted molar refractivity (Wildman–Crippen MR) is 101 cm³/mol. The molecule has 7 nitrogen and oxygen atoms in total. The number of carbonyl (C=O) groups is 1. The Labute approximate surface area is 154 Å². The molecule has 0 saturated carbocycles. The van der Waals surface area contributed by atoms with Crippen molar-refractivity contribution in [3.8, 4) is 17.0 Å². The summed E-state index contributed by atoms with van der Waals surface area (Å²) in [5.74, 6) is 0.407. The number of anilines is 1. The van der Waals surface area contributed by atoms with Crippen molar-refractivity contribution < 1.29 is 9.53 Å². The SMILES string of the molecule is CCCOc1ccc(-c2csc(NC(=O)c3ccc(=O)n(C)n3)n2)cc1. The molecule has 2 aromatic heterocycles. The van der Waals surface area contributed by atoms with Gasteiger partial charge >= 0.3 is 0 Å². The number of nitrogens with zero attached hydrogens (tertiary/aromatic N) is 3. The maximum absolute atomic E-state index is 12.2. The third-order valence-corrected chi connectivity index (χ3v) is 4.30. The van der Waals surface area contributed by atoms with E-state index in [1.54, 1.807) is 0 Å². The minimum absolute atomic E-state index is 0.154. The molecule has 8 heteroatoms. The van der Waals surface area contributed by atoms with E-state index in [2.05, 4.69) is 22.3 Å². The van der Waals surface area contributed by atoms with Gasteiger partial charge in [0.1, 0.15) is 11.4 Å². The van der Waals surface area contributed by atoms with Crippen molar-refractivity contribution in [2.24, 2.45) is 7.05 Å². The van der Waals surface area contributed by atoms with Crippen molar-refractivity contribution in [3.05, 3.63) is 57.8 Å². The smallest absolute Gasteiger partial charge is 0.277 e. The molecule has 2 heterocycles. The Morgan fingerprint density at radius 1 is 1.23 bits per heavy atom. The van der Waals surface area contributed by atoms with E-state index in [9.17, 15) is 9.59 Å². The topological polar surface area (TPSA) is 86.1 Å². The van der Waals surface area contributed by atoms with Gasteiger partial charge in [-0.15, -0.1) is 11.3 Å². The van der Waals surface area contributed by atoms with Crippen LogP contribution in [0, 0.1) is 0 Å². The molecule has 1 aromatic carbocycles.